The van der Waals surface area contributed by atoms with E-state index in [0.717, 1.165) is 16.6 Å². The number of aromatic amines is 1. The molecule has 0 bridgehead atoms. The molecule has 1 saturated heterocycles. The van der Waals surface area contributed by atoms with Gasteiger partial charge in [-0.1, -0.05) is 41.9 Å². The van der Waals surface area contributed by atoms with Crippen LogP contribution >= 0.6 is 11.6 Å². The largest absolute Gasteiger partial charge is 0.367 e. The number of benzene rings is 2. The normalized spacial score (nSPS) is 14.7. The average molecular weight is 368 g/mol. The Labute approximate surface area is 155 Å². The Hall–Kier alpha value is -2.79. The fourth-order valence-corrected chi connectivity index (χ4v) is 3.59. The van der Waals surface area contributed by atoms with Crippen LogP contribution in [0, 0.1) is 0 Å². The lowest BCUT2D eigenvalue weighted by atomic mass is 10.1. The van der Waals surface area contributed by atoms with Crippen molar-refractivity contribution in [2.45, 2.75) is 0 Å². The summed E-state index contributed by atoms with van der Waals surface area (Å²) in [5, 5.41) is 1.56. The standard InChI is InChI=1S/C20H18ClN3O2/c21-16-6-2-4-8-18(16)23-9-11-24(12-10-23)20(26)15-13-14-5-1-3-7-17(14)22-19(15)25/h1-8,13H,9-12H2,(H,22,25). The third-order valence-electron chi connectivity index (χ3n) is 4.74. The molecule has 1 aliphatic heterocycles. The molecule has 0 aliphatic carbocycles. The molecule has 6 heteroatoms. The molecular weight excluding hydrogens is 350 g/mol. The van der Waals surface area contributed by atoms with Crippen LogP contribution in [0.15, 0.2) is 59.4 Å². The maximum Gasteiger partial charge on any atom is 0.261 e. The first kappa shape index (κ1) is 16.7. The zero-order chi connectivity index (χ0) is 18.1. The molecule has 0 radical (unpaired) electrons. The van der Waals surface area contributed by atoms with E-state index >= 15 is 0 Å². The van der Waals surface area contributed by atoms with Crippen LogP contribution in [0.4, 0.5) is 5.69 Å². The van der Waals surface area contributed by atoms with Crippen LogP contribution in [0.3, 0.4) is 0 Å². The number of para-hydroxylation sites is 2. The lowest BCUT2D eigenvalue weighted by Crippen LogP contribution is -2.49. The second kappa shape index (κ2) is 6.84. The molecule has 1 aliphatic rings. The molecule has 26 heavy (non-hydrogen) atoms. The van der Waals surface area contributed by atoms with Crippen LogP contribution < -0.4 is 10.5 Å². The second-order valence-electron chi connectivity index (χ2n) is 6.33. The Morgan fingerprint density at radius 2 is 1.65 bits per heavy atom. The molecule has 5 nitrogen and oxygen atoms in total. The van der Waals surface area contributed by atoms with Crippen molar-refractivity contribution in [3.8, 4) is 0 Å². The van der Waals surface area contributed by atoms with Crippen molar-refractivity contribution in [1.82, 2.24) is 9.88 Å². The number of nitrogens with one attached hydrogen (secondary N) is 1. The summed E-state index contributed by atoms with van der Waals surface area (Å²) in [4.78, 5) is 31.8. The maximum absolute atomic E-state index is 12.8. The Morgan fingerprint density at radius 3 is 2.42 bits per heavy atom. The van der Waals surface area contributed by atoms with Crippen LogP contribution in [0.2, 0.25) is 5.02 Å². The summed E-state index contributed by atoms with van der Waals surface area (Å²) in [5.41, 5.74) is 1.56. The molecule has 0 atom stereocenters. The number of rotatable bonds is 2. The van der Waals surface area contributed by atoms with Crippen molar-refractivity contribution < 1.29 is 4.79 Å². The highest BCUT2D eigenvalue weighted by molar-refractivity contribution is 6.33. The van der Waals surface area contributed by atoms with Gasteiger partial charge < -0.3 is 14.8 Å². The van der Waals surface area contributed by atoms with Crippen LogP contribution in [0.5, 0.6) is 0 Å². The minimum absolute atomic E-state index is 0.190. The van der Waals surface area contributed by atoms with Crippen molar-refractivity contribution in [2.75, 3.05) is 31.1 Å². The van der Waals surface area contributed by atoms with Gasteiger partial charge >= 0.3 is 0 Å². The van der Waals surface area contributed by atoms with Crippen molar-refractivity contribution >= 4 is 34.1 Å². The molecule has 1 N–H and O–H groups in total. The number of carbonyl (C=O) groups excluding carboxylic acids is 1. The number of H-pyrrole nitrogens is 1. The highest BCUT2D eigenvalue weighted by Gasteiger charge is 2.25. The molecule has 1 amide bonds. The maximum atomic E-state index is 12.8. The summed E-state index contributed by atoms with van der Waals surface area (Å²) >= 11 is 6.26. The minimum Gasteiger partial charge on any atom is -0.367 e. The van der Waals surface area contributed by atoms with Crippen molar-refractivity contribution in [1.29, 1.82) is 0 Å². The predicted octanol–water partition coefficient (Wildman–Crippen LogP) is 3.14. The fraction of sp³-hybridized carbons (Fsp3) is 0.200. The highest BCUT2D eigenvalue weighted by Crippen LogP contribution is 2.26. The first-order valence-corrected chi connectivity index (χ1v) is 8.92. The molecule has 0 unspecified atom stereocenters. The van der Waals surface area contributed by atoms with Gasteiger partial charge in [-0.25, -0.2) is 0 Å². The number of nitrogens with zero attached hydrogens (tertiary/aromatic N) is 2. The van der Waals surface area contributed by atoms with Gasteiger partial charge in [-0.05, 0) is 29.7 Å². The van der Waals surface area contributed by atoms with E-state index in [1.54, 1.807) is 11.0 Å². The van der Waals surface area contributed by atoms with Gasteiger partial charge in [-0.15, -0.1) is 0 Å². The number of hydrogen-bond acceptors (Lipinski definition) is 3. The van der Waals surface area contributed by atoms with Gasteiger partial charge in [0.15, 0.2) is 0 Å². The smallest absolute Gasteiger partial charge is 0.261 e. The number of hydrogen-bond donors (Lipinski definition) is 1. The molecular formula is C20H18ClN3O2. The number of carbonyl (C=O) groups is 1. The van der Waals surface area contributed by atoms with Gasteiger partial charge in [-0.3, -0.25) is 9.59 Å². The van der Waals surface area contributed by atoms with E-state index in [-0.39, 0.29) is 17.0 Å². The third kappa shape index (κ3) is 3.06. The van der Waals surface area contributed by atoms with Crippen molar-refractivity contribution in [3.63, 3.8) is 0 Å². The van der Waals surface area contributed by atoms with E-state index in [1.807, 2.05) is 48.5 Å². The highest BCUT2D eigenvalue weighted by atomic mass is 35.5. The van der Waals surface area contributed by atoms with E-state index in [4.69, 9.17) is 11.6 Å². The van der Waals surface area contributed by atoms with E-state index in [9.17, 15) is 9.59 Å². The number of piperazine rings is 1. The Kier molecular flexibility index (Phi) is 4.39. The summed E-state index contributed by atoms with van der Waals surface area (Å²) in [6.07, 6.45) is 0. The van der Waals surface area contributed by atoms with Gasteiger partial charge in [0.2, 0.25) is 0 Å². The lowest BCUT2D eigenvalue weighted by molar-refractivity contribution is 0.0745. The fourth-order valence-electron chi connectivity index (χ4n) is 3.34. The minimum atomic E-state index is -0.345. The number of halogens is 1. The van der Waals surface area contributed by atoms with Gasteiger partial charge in [0, 0.05) is 31.7 Å². The monoisotopic (exact) mass is 367 g/mol. The average Bonchev–Trinajstić information content (AvgIpc) is 2.67. The topological polar surface area (TPSA) is 56.4 Å². The molecule has 1 fully saturated rings. The van der Waals surface area contributed by atoms with Crippen LogP contribution in [-0.4, -0.2) is 42.0 Å². The molecule has 3 aromatic rings. The van der Waals surface area contributed by atoms with E-state index < -0.39 is 0 Å². The molecule has 2 heterocycles. The molecule has 1 aromatic heterocycles. The van der Waals surface area contributed by atoms with Crippen molar-refractivity contribution in [3.05, 3.63) is 75.5 Å². The number of amides is 1. The Balaban J connectivity index is 1.53. The van der Waals surface area contributed by atoms with Crippen molar-refractivity contribution in [2.24, 2.45) is 0 Å². The van der Waals surface area contributed by atoms with Crippen LogP contribution in [0.1, 0.15) is 10.4 Å². The molecule has 132 valence electrons. The molecule has 0 saturated carbocycles. The van der Waals surface area contributed by atoms with E-state index in [0.29, 0.717) is 31.2 Å². The van der Waals surface area contributed by atoms with Crippen LogP contribution in [0.25, 0.3) is 10.9 Å². The number of anilines is 1. The third-order valence-corrected chi connectivity index (χ3v) is 5.06. The van der Waals surface area contributed by atoms with E-state index in [2.05, 4.69) is 9.88 Å². The Morgan fingerprint density at radius 1 is 0.962 bits per heavy atom. The summed E-state index contributed by atoms with van der Waals surface area (Å²) in [7, 11) is 0. The van der Waals surface area contributed by atoms with Gasteiger partial charge in [0.1, 0.15) is 5.56 Å². The summed E-state index contributed by atoms with van der Waals surface area (Å²) < 4.78 is 0. The molecule has 4 rings (SSSR count). The van der Waals surface area contributed by atoms with Gasteiger partial charge in [0.25, 0.3) is 11.5 Å². The van der Waals surface area contributed by atoms with Gasteiger partial charge in [-0.2, -0.15) is 0 Å². The predicted molar refractivity (Wildman–Crippen MR) is 104 cm³/mol. The van der Waals surface area contributed by atoms with E-state index in [1.165, 1.54) is 0 Å². The quantitative estimate of drug-likeness (QED) is 0.757. The SMILES string of the molecule is O=C(c1cc2ccccc2[nH]c1=O)N1CCN(c2ccccc2Cl)CC1. The lowest BCUT2D eigenvalue weighted by Gasteiger charge is -2.36. The number of fused-ring (bicyclic) bond motifs is 1. The summed E-state index contributed by atoms with van der Waals surface area (Å²) in [6.45, 7) is 2.47. The first-order chi connectivity index (χ1) is 12.6. The molecule has 0 spiro atoms. The zero-order valence-electron chi connectivity index (χ0n) is 14.1. The summed E-state index contributed by atoms with van der Waals surface area (Å²) in [6, 6.07) is 16.8. The Bertz CT molecular complexity index is 1020. The first-order valence-electron chi connectivity index (χ1n) is 8.54. The number of aromatic nitrogens is 1. The molecule has 2 aromatic carbocycles. The zero-order valence-corrected chi connectivity index (χ0v) is 14.9. The van der Waals surface area contributed by atoms with Crippen LogP contribution in [-0.2, 0) is 0 Å². The van der Waals surface area contributed by atoms with Gasteiger partial charge in [0.05, 0.1) is 10.7 Å². The number of pyridine rings is 1. The summed E-state index contributed by atoms with van der Waals surface area (Å²) in [5.74, 6) is -0.226. The second-order valence-corrected chi connectivity index (χ2v) is 6.74.